The van der Waals surface area contributed by atoms with Gasteiger partial charge in [0.1, 0.15) is 5.75 Å². The molecule has 0 radical (unpaired) electrons. The first-order valence-corrected chi connectivity index (χ1v) is 10.2. The number of rotatable bonds is 6. The lowest BCUT2D eigenvalue weighted by Crippen LogP contribution is -2.50. The van der Waals surface area contributed by atoms with E-state index in [9.17, 15) is 9.90 Å². The van der Waals surface area contributed by atoms with Crippen molar-refractivity contribution in [2.45, 2.75) is 31.8 Å². The Bertz CT molecular complexity index is 1090. The van der Waals surface area contributed by atoms with E-state index >= 15 is 0 Å². The van der Waals surface area contributed by atoms with Crippen LogP contribution < -0.4 is 19.3 Å². The van der Waals surface area contributed by atoms with Crippen LogP contribution in [0.4, 0.5) is 0 Å². The predicted molar refractivity (Wildman–Crippen MR) is 114 cm³/mol. The Labute approximate surface area is 175 Å². The SMILES string of the molecule is COc1ccc2c(CN3CCCCC3C(=O)[O-])cc3cc(OC)c(OC)cc3c2c1. The van der Waals surface area contributed by atoms with Crippen LogP contribution >= 0.6 is 0 Å². The van der Waals surface area contributed by atoms with E-state index in [1.54, 1.807) is 21.3 Å². The molecule has 1 unspecified atom stereocenters. The van der Waals surface area contributed by atoms with Crippen LogP contribution in [0, 0.1) is 0 Å². The molecule has 1 heterocycles. The molecule has 1 aliphatic rings. The molecule has 1 saturated heterocycles. The Morgan fingerprint density at radius 3 is 2.43 bits per heavy atom. The van der Waals surface area contributed by atoms with Crippen molar-refractivity contribution in [3.05, 3.63) is 42.0 Å². The molecule has 30 heavy (non-hydrogen) atoms. The van der Waals surface area contributed by atoms with Crippen LogP contribution in [0.25, 0.3) is 21.5 Å². The summed E-state index contributed by atoms with van der Waals surface area (Å²) in [7, 11) is 4.89. The van der Waals surface area contributed by atoms with Gasteiger partial charge in [0.25, 0.3) is 0 Å². The minimum atomic E-state index is -0.993. The monoisotopic (exact) mass is 408 g/mol. The van der Waals surface area contributed by atoms with Gasteiger partial charge in [0.05, 0.1) is 27.3 Å². The number of hydrogen-bond acceptors (Lipinski definition) is 6. The molecule has 6 heteroatoms. The highest BCUT2D eigenvalue weighted by Crippen LogP contribution is 2.39. The second kappa shape index (κ2) is 8.40. The lowest BCUT2D eigenvalue weighted by molar-refractivity contribution is -0.312. The molecule has 0 aliphatic carbocycles. The zero-order valence-corrected chi connectivity index (χ0v) is 17.6. The van der Waals surface area contributed by atoms with Crippen molar-refractivity contribution in [2.24, 2.45) is 0 Å². The standard InChI is InChI=1S/C24H27NO5/c1-28-17-7-8-18-16(14-25-9-5-4-6-21(25)24(26)27)10-15-11-22(29-2)23(30-3)13-19(15)20(18)12-17/h7-8,10-13,21H,4-6,9,14H2,1-3H3,(H,26,27)/p-1. The Hall–Kier alpha value is -2.99. The average molecular weight is 408 g/mol. The van der Waals surface area contributed by atoms with E-state index in [4.69, 9.17) is 14.2 Å². The lowest BCUT2D eigenvalue weighted by atomic mass is 9.94. The Morgan fingerprint density at radius 2 is 1.73 bits per heavy atom. The smallest absolute Gasteiger partial charge is 0.161 e. The predicted octanol–water partition coefficient (Wildman–Crippen LogP) is 3.12. The molecule has 3 aromatic carbocycles. The highest BCUT2D eigenvalue weighted by molar-refractivity contribution is 6.10. The summed E-state index contributed by atoms with van der Waals surface area (Å²) in [5, 5.41) is 15.8. The zero-order chi connectivity index (χ0) is 21.3. The Morgan fingerprint density at radius 1 is 0.967 bits per heavy atom. The molecule has 158 valence electrons. The van der Waals surface area contributed by atoms with Crippen molar-refractivity contribution in [3.8, 4) is 17.2 Å². The maximum atomic E-state index is 11.7. The average Bonchev–Trinajstić information content (AvgIpc) is 2.78. The molecule has 0 amide bonds. The number of methoxy groups -OCH3 is 3. The van der Waals surface area contributed by atoms with E-state index in [2.05, 4.69) is 6.07 Å². The van der Waals surface area contributed by atoms with Crippen LogP contribution in [0.3, 0.4) is 0 Å². The van der Waals surface area contributed by atoms with Gasteiger partial charge in [-0.2, -0.15) is 0 Å². The van der Waals surface area contributed by atoms with Gasteiger partial charge < -0.3 is 24.1 Å². The van der Waals surface area contributed by atoms with Gasteiger partial charge in [-0.1, -0.05) is 12.5 Å². The fourth-order valence-corrected chi connectivity index (χ4v) is 4.46. The van der Waals surface area contributed by atoms with E-state index in [1.807, 2.05) is 35.2 Å². The summed E-state index contributed by atoms with van der Waals surface area (Å²) in [6.45, 7) is 1.30. The van der Waals surface area contributed by atoms with Crippen LogP contribution in [-0.4, -0.2) is 44.8 Å². The third-order valence-corrected chi connectivity index (χ3v) is 6.01. The zero-order valence-electron chi connectivity index (χ0n) is 17.6. The van der Waals surface area contributed by atoms with Crippen LogP contribution in [-0.2, 0) is 11.3 Å². The largest absolute Gasteiger partial charge is 0.548 e. The molecule has 0 N–H and O–H groups in total. The topological polar surface area (TPSA) is 71.1 Å². The van der Waals surface area contributed by atoms with Crippen LogP contribution in [0.15, 0.2) is 36.4 Å². The summed E-state index contributed by atoms with van der Waals surface area (Å²) in [6, 6.07) is 11.5. The van der Waals surface area contributed by atoms with E-state index in [0.29, 0.717) is 24.5 Å². The van der Waals surface area contributed by atoms with E-state index in [-0.39, 0.29) is 0 Å². The number of carbonyl (C=O) groups excluding carboxylic acids is 1. The lowest BCUT2D eigenvalue weighted by Gasteiger charge is -2.36. The van der Waals surface area contributed by atoms with E-state index in [1.165, 1.54) is 0 Å². The molecule has 0 saturated carbocycles. The number of benzene rings is 3. The van der Waals surface area contributed by atoms with Crippen LogP contribution in [0.5, 0.6) is 17.2 Å². The van der Waals surface area contributed by atoms with Gasteiger partial charge in [-0.3, -0.25) is 4.90 Å². The Kier molecular flexibility index (Phi) is 5.68. The third-order valence-electron chi connectivity index (χ3n) is 6.01. The molecule has 1 atom stereocenters. The molecule has 1 fully saturated rings. The van der Waals surface area contributed by atoms with Crippen LogP contribution in [0.1, 0.15) is 24.8 Å². The Balaban J connectivity index is 1.90. The molecule has 4 rings (SSSR count). The second-order valence-corrected chi connectivity index (χ2v) is 7.68. The van der Waals surface area contributed by atoms with Gasteiger partial charge in [-0.25, -0.2) is 0 Å². The van der Waals surface area contributed by atoms with E-state index in [0.717, 1.165) is 52.2 Å². The number of hydrogen-bond donors (Lipinski definition) is 0. The van der Waals surface area contributed by atoms with Crippen molar-refractivity contribution in [3.63, 3.8) is 0 Å². The molecular weight excluding hydrogens is 382 g/mol. The number of carboxylic acid groups (broad SMARTS) is 1. The van der Waals surface area contributed by atoms with Crippen molar-refractivity contribution in [1.29, 1.82) is 0 Å². The maximum Gasteiger partial charge on any atom is 0.161 e. The fourth-order valence-electron chi connectivity index (χ4n) is 4.46. The van der Waals surface area contributed by atoms with Crippen LogP contribution in [0.2, 0.25) is 0 Å². The maximum absolute atomic E-state index is 11.7. The number of fused-ring (bicyclic) bond motifs is 3. The summed E-state index contributed by atoms with van der Waals surface area (Å²) >= 11 is 0. The number of aliphatic carboxylic acids is 1. The first-order chi connectivity index (χ1) is 14.5. The third kappa shape index (κ3) is 3.63. The summed E-state index contributed by atoms with van der Waals surface area (Å²) in [5.41, 5.74) is 1.07. The molecule has 0 aromatic heterocycles. The van der Waals surface area contributed by atoms with Gasteiger partial charge in [0, 0.05) is 12.6 Å². The van der Waals surface area contributed by atoms with Crippen molar-refractivity contribution in [2.75, 3.05) is 27.9 Å². The molecule has 0 spiro atoms. The van der Waals surface area contributed by atoms with Gasteiger partial charge in [0.2, 0.25) is 0 Å². The van der Waals surface area contributed by atoms with Gasteiger partial charge in [-0.15, -0.1) is 0 Å². The number of ether oxygens (including phenoxy) is 3. The normalized spacial score (nSPS) is 17.2. The minimum Gasteiger partial charge on any atom is -0.548 e. The molecule has 1 aliphatic heterocycles. The fraction of sp³-hybridized carbons (Fsp3) is 0.375. The summed E-state index contributed by atoms with van der Waals surface area (Å²) in [5.74, 6) is 1.09. The minimum absolute atomic E-state index is 0.547. The molecule has 6 nitrogen and oxygen atoms in total. The highest BCUT2D eigenvalue weighted by Gasteiger charge is 2.24. The van der Waals surface area contributed by atoms with Crippen molar-refractivity contribution in [1.82, 2.24) is 4.90 Å². The van der Waals surface area contributed by atoms with Gasteiger partial charge >= 0.3 is 0 Å². The quantitative estimate of drug-likeness (QED) is 0.584. The molecule has 3 aromatic rings. The summed E-state index contributed by atoms with van der Waals surface area (Å²) in [6.07, 6.45) is 2.54. The number of piperidine rings is 1. The first kappa shape index (κ1) is 20.3. The highest BCUT2D eigenvalue weighted by atomic mass is 16.5. The molecule has 0 bridgehead atoms. The number of nitrogens with zero attached hydrogens (tertiary/aromatic N) is 1. The summed E-state index contributed by atoms with van der Waals surface area (Å²) in [4.78, 5) is 13.7. The number of carboxylic acids is 1. The first-order valence-electron chi connectivity index (χ1n) is 10.2. The summed E-state index contributed by atoms with van der Waals surface area (Å²) < 4.78 is 16.5. The van der Waals surface area contributed by atoms with Crippen molar-refractivity contribution >= 4 is 27.5 Å². The van der Waals surface area contributed by atoms with Gasteiger partial charge in [0.15, 0.2) is 11.5 Å². The van der Waals surface area contributed by atoms with Gasteiger partial charge in [-0.05, 0) is 76.8 Å². The number of likely N-dealkylation sites (tertiary alicyclic amines) is 1. The number of carbonyl (C=O) groups is 1. The van der Waals surface area contributed by atoms with Crippen molar-refractivity contribution < 1.29 is 24.1 Å². The van der Waals surface area contributed by atoms with E-state index < -0.39 is 12.0 Å². The molecular formula is C24H26NO5-. The second-order valence-electron chi connectivity index (χ2n) is 7.68.